The first-order chi connectivity index (χ1) is 12.3. The molecular weight excluding hydrogens is 358 g/mol. The molecule has 3 rings (SSSR count). The molecule has 0 bridgehead atoms. The van der Waals surface area contributed by atoms with E-state index in [0.29, 0.717) is 11.4 Å². The molecule has 8 nitrogen and oxygen atoms in total. The molecule has 1 aliphatic rings. The van der Waals surface area contributed by atoms with Gasteiger partial charge in [-0.15, -0.1) is 4.83 Å². The molecule has 136 valence electrons. The van der Waals surface area contributed by atoms with Crippen molar-refractivity contribution >= 4 is 27.5 Å². The summed E-state index contributed by atoms with van der Waals surface area (Å²) in [5.41, 5.74) is 1.78. The van der Waals surface area contributed by atoms with Crippen molar-refractivity contribution in [2.75, 3.05) is 11.9 Å². The van der Waals surface area contributed by atoms with Crippen LogP contribution in [0.4, 0.5) is 5.69 Å². The number of anilines is 1. The van der Waals surface area contributed by atoms with Gasteiger partial charge in [0, 0.05) is 24.7 Å². The summed E-state index contributed by atoms with van der Waals surface area (Å²) in [5.74, 6) is -1.68. The molecule has 0 atom stereocenters. The van der Waals surface area contributed by atoms with Gasteiger partial charge in [-0.2, -0.15) is 5.01 Å². The number of aromatic hydroxyl groups is 1. The van der Waals surface area contributed by atoms with Crippen LogP contribution in [0.2, 0.25) is 0 Å². The number of carbonyl (C=O) groups is 2. The van der Waals surface area contributed by atoms with Gasteiger partial charge in [-0.1, -0.05) is 0 Å². The monoisotopic (exact) mass is 375 g/mol. The number of fused-ring (bicyclic) bond motifs is 1. The molecule has 0 saturated carbocycles. The van der Waals surface area contributed by atoms with Crippen molar-refractivity contribution in [2.45, 2.75) is 18.2 Å². The predicted molar refractivity (Wildman–Crippen MR) is 93.9 cm³/mol. The topological polar surface area (TPSA) is 116 Å². The number of benzene rings is 2. The summed E-state index contributed by atoms with van der Waals surface area (Å²) in [5, 5.41) is 12.9. The number of phenols is 1. The molecule has 0 unspecified atom stereocenters. The summed E-state index contributed by atoms with van der Waals surface area (Å²) >= 11 is 0. The van der Waals surface area contributed by atoms with E-state index in [4.69, 9.17) is 0 Å². The molecule has 0 aromatic heterocycles. The molecule has 0 aliphatic carbocycles. The summed E-state index contributed by atoms with van der Waals surface area (Å²) < 4.78 is 25.2. The standard InChI is InChI=1S/C17H17N3O5S/c1-11(21)20(17(23)12-2-4-14(22)5-3-12)19-26(24,25)15-6-7-16-13(10-15)8-9-18-16/h2-7,10,18-19,22H,8-9H2,1H3. The van der Waals surface area contributed by atoms with Gasteiger partial charge < -0.3 is 10.4 Å². The van der Waals surface area contributed by atoms with Gasteiger partial charge in [0.2, 0.25) is 5.91 Å². The van der Waals surface area contributed by atoms with Crippen LogP contribution in [0.3, 0.4) is 0 Å². The van der Waals surface area contributed by atoms with Crippen LogP contribution in [0.15, 0.2) is 47.4 Å². The number of nitrogens with zero attached hydrogens (tertiary/aromatic N) is 1. The first-order valence-electron chi connectivity index (χ1n) is 7.81. The second-order valence-electron chi connectivity index (χ2n) is 5.80. The van der Waals surface area contributed by atoms with E-state index in [0.717, 1.165) is 24.7 Å². The Morgan fingerprint density at radius 2 is 1.85 bits per heavy atom. The molecule has 0 spiro atoms. The lowest BCUT2D eigenvalue weighted by molar-refractivity contribution is -0.127. The Bertz CT molecular complexity index is 970. The average Bonchev–Trinajstić information content (AvgIpc) is 3.07. The fraction of sp³-hybridized carbons (Fsp3) is 0.176. The van der Waals surface area contributed by atoms with Gasteiger partial charge >= 0.3 is 0 Å². The molecule has 1 heterocycles. The minimum atomic E-state index is -4.13. The molecule has 9 heteroatoms. The van der Waals surface area contributed by atoms with Crippen LogP contribution in [-0.4, -0.2) is 36.9 Å². The zero-order valence-electron chi connectivity index (χ0n) is 13.9. The first-order valence-corrected chi connectivity index (χ1v) is 9.29. The highest BCUT2D eigenvalue weighted by Crippen LogP contribution is 2.25. The molecule has 3 N–H and O–H groups in total. The molecule has 0 saturated heterocycles. The summed E-state index contributed by atoms with van der Waals surface area (Å²) in [7, 11) is -4.13. The largest absolute Gasteiger partial charge is 0.508 e. The van der Waals surface area contributed by atoms with Crippen LogP contribution in [0.25, 0.3) is 0 Å². The maximum atomic E-state index is 12.6. The Hall–Kier alpha value is -2.91. The van der Waals surface area contributed by atoms with E-state index >= 15 is 0 Å². The van der Waals surface area contributed by atoms with Crippen molar-refractivity contribution in [3.8, 4) is 5.75 Å². The summed E-state index contributed by atoms with van der Waals surface area (Å²) in [6.07, 6.45) is 0.696. The van der Waals surface area contributed by atoms with E-state index in [-0.39, 0.29) is 16.2 Å². The molecule has 2 aromatic carbocycles. The number of sulfonamides is 1. The van der Waals surface area contributed by atoms with Gasteiger partial charge in [-0.05, 0) is 54.4 Å². The maximum Gasteiger partial charge on any atom is 0.275 e. The van der Waals surface area contributed by atoms with Crippen molar-refractivity contribution in [3.63, 3.8) is 0 Å². The lowest BCUT2D eigenvalue weighted by atomic mass is 10.2. The lowest BCUT2D eigenvalue weighted by Gasteiger charge is -2.20. The van der Waals surface area contributed by atoms with Gasteiger partial charge in [-0.3, -0.25) is 9.59 Å². The van der Waals surface area contributed by atoms with Gasteiger partial charge in [0.15, 0.2) is 0 Å². The first kappa shape index (κ1) is 17.9. The Kier molecular flexibility index (Phi) is 4.66. The zero-order valence-corrected chi connectivity index (χ0v) is 14.7. The number of hydrogen-bond donors (Lipinski definition) is 3. The van der Waals surface area contributed by atoms with Crippen LogP contribution in [0, 0.1) is 0 Å². The van der Waals surface area contributed by atoms with Crippen LogP contribution in [0.5, 0.6) is 5.75 Å². The fourth-order valence-corrected chi connectivity index (χ4v) is 3.70. The van der Waals surface area contributed by atoms with E-state index < -0.39 is 21.8 Å². The van der Waals surface area contributed by atoms with Crippen LogP contribution < -0.4 is 10.1 Å². The summed E-state index contributed by atoms with van der Waals surface area (Å²) in [6.45, 7) is 1.80. The van der Waals surface area contributed by atoms with Gasteiger partial charge in [0.1, 0.15) is 5.75 Å². The highest BCUT2D eigenvalue weighted by molar-refractivity contribution is 7.89. The maximum absolute atomic E-state index is 12.6. The summed E-state index contributed by atoms with van der Waals surface area (Å²) in [4.78, 5) is 26.3. The van der Waals surface area contributed by atoms with Crippen molar-refractivity contribution < 1.29 is 23.1 Å². The third-order valence-corrected chi connectivity index (χ3v) is 5.24. The van der Waals surface area contributed by atoms with E-state index in [1.807, 2.05) is 4.83 Å². The quantitative estimate of drug-likeness (QED) is 0.693. The van der Waals surface area contributed by atoms with Gasteiger partial charge in [-0.25, -0.2) is 8.42 Å². The second kappa shape index (κ2) is 6.77. The Morgan fingerprint density at radius 3 is 2.50 bits per heavy atom. The predicted octanol–water partition coefficient (Wildman–Crippen LogP) is 1.24. The third kappa shape index (κ3) is 3.53. The number of nitrogens with one attached hydrogen (secondary N) is 2. The van der Waals surface area contributed by atoms with Crippen LogP contribution in [-0.2, 0) is 21.2 Å². The minimum Gasteiger partial charge on any atom is -0.508 e. The summed E-state index contributed by atoms with van der Waals surface area (Å²) in [6, 6.07) is 9.70. The van der Waals surface area contributed by atoms with Crippen molar-refractivity contribution in [1.29, 1.82) is 0 Å². The Labute approximate surface area is 150 Å². The zero-order chi connectivity index (χ0) is 18.9. The van der Waals surface area contributed by atoms with E-state index in [2.05, 4.69) is 5.32 Å². The normalized spacial score (nSPS) is 13.0. The highest BCUT2D eigenvalue weighted by atomic mass is 32.2. The number of rotatable bonds is 4. The molecule has 0 fully saturated rings. The van der Waals surface area contributed by atoms with E-state index in [9.17, 15) is 23.1 Å². The molecular formula is C17H17N3O5S. The van der Waals surface area contributed by atoms with Crippen molar-refractivity contribution in [2.24, 2.45) is 0 Å². The number of hydrazine groups is 1. The Balaban J connectivity index is 1.88. The number of phenolic OH excluding ortho intramolecular Hbond substituents is 1. The number of imide groups is 1. The molecule has 2 amide bonds. The fourth-order valence-electron chi connectivity index (χ4n) is 2.60. The lowest BCUT2D eigenvalue weighted by Crippen LogP contribution is -2.48. The number of amides is 2. The Morgan fingerprint density at radius 1 is 1.15 bits per heavy atom. The highest BCUT2D eigenvalue weighted by Gasteiger charge is 2.27. The molecule has 1 aliphatic heterocycles. The minimum absolute atomic E-state index is 0.0373. The average molecular weight is 375 g/mol. The van der Waals surface area contributed by atoms with Gasteiger partial charge in [0.05, 0.1) is 4.90 Å². The molecule has 2 aromatic rings. The van der Waals surface area contributed by atoms with Crippen LogP contribution >= 0.6 is 0 Å². The van der Waals surface area contributed by atoms with Crippen LogP contribution in [0.1, 0.15) is 22.8 Å². The van der Waals surface area contributed by atoms with E-state index in [1.54, 1.807) is 6.07 Å². The molecule has 26 heavy (non-hydrogen) atoms. The van der Waals surface area contributed by atoms with E-state index in [1.165, 1.54) is 36.4 Å². The van der Waals surface area contributed by atoms with Gasteiger partial charge in [0.25, 0.3) is 15.9 Å². The third-order valence-electron chi connectivity index (χ3n) is 3.94. The van der Waals surface area contributed by atoms with Crippen molar-refractivity contribution in [3.05, 3.63) is 53.6 Å². The number of hydrogen-bond acceptors (Lipinski definition) is 6. The second-order valence-corrected chi connectivity index (χ2v) is 7.46. The molecule has 0 radical (unpaired) electrons. The number of carbonyl (C=O) groups excluding carboxylic acids is 2. The SMILES string of the molecule is CC(=O)N(NS(=O)(=O)c1ccc2c(c1)CCN2)C(=O)c1ccc(O)cc1. The smallest absolute Gasteiger partial charge is 0.275 e. The van der Waals surface area contributed by atoms with Crippen molar-refractivity contribution in [1.82, 2.24) is 9.84 Å².